The molecule has 3 aliphatic rings. The Morgan fingerprint density at radius 3 is 2.44 bits per heavy atom. The van der Waals surface area contributed by atoms with Crippen LogP contribution in [-0.4, -0.2) is 57.7 Å². The van der Waals surface area contributed by atoms with Gasteiger partial charge in [-0.2, -0.15) is 5.26 Å². The lowest BCUT2D eigenvalue weighted by molar-refractivity contribution is -0.142. The number of hydrogen-bond acceptors (Lipinski definition) is 6. The first-order valence-electron chi connectivity index (χ1n) is 14.3. The monoisotopic (exact) mass is 584 g/mol. The molecule has 2 saturated carbocycles. The number of nitrogens with one attached hydrogen (secondary N) is 2. The Balaban J connectivity index is 1.48. The van der Waals surface area contributed by atoms with Gasteiger partial charge >= 0.3 is 6.09 Å². The first-order chi connectivity index (χ1) is 19.3. The van der Waals surface area contributed by atoms with Crippen molar-refractivity contribution in [1.82, 2.24) is 15.5 Å². The van der Waals surface area contributed by atoms with Crippen LogP contribution in [0.2, 0.25) is 0 Å². The number of benzene rings is 1. The van der Waals surface area contributed by atoms with Crippen molar-refractivity contribution in [2.24, 2.45) is 11.3 Å². The summed E-state index contributed by atoms with van der Waals surface area (Å²) in [4.78, 5) is 52.9. The number of carbonyl (C=O) groups excluding carboxylic acids is 3. The highest BCUT2D eigenvalue weighted by Crippen LogP contribution is 2.70. The quantitative estimate of drug-likeness (QED) is 0.287. The molecule has 41 heavy (non-hydrogen) atoms. The summed E-state index contributed by atoms with van der Waals surface area (Å²) in [7, 11) is -3.98. The number of ether oxygens (including phenoxy) is 1. The number of alkyl carbamates (subject to hydrolysis) is 1. The third kappa shape index (κ3) is 6.68. The molecule has 1 aromatic rings. The van der Waals surface area contributed by atoms with E-state index in [1.807, 2.05) is 26.8 Å². The summed E-state index contributed by atoms with van der Waals surface area (Å²) in [6.07, 6.45) is 5.51. The molecule has 3 fully saturated rings. The number of carbonyl (C=O) groups is 3. The molecular formula is C30H41N4O6P. The lowest BCUT2D eigenvalue weighted by atomic mass is 9.85. The van der Waals surface area contributed by atoms with Gasteiger partial charge in [-0.3, -0.25) is 14.2 Å². The molecule has 1 aliphatic heterocycles. The minimum Gasteiger partial charge on any atom is -0.446 e. The largest absolute Gasteiger partial charge is 0.446 e. The number of nitrogens with zero attached hydrogens (tertiary/aromatic N) is 2. The van der Waals surface area contributed by atoms with Gasteiger partial charge in [0.25, 0.3) is 0 Å². The smallest absolute Gasteiger partial charge is 0.408 e. The topological polar surface area (TPSA) is 149 Å². The van der Waals surface area contributed by atoms with Gasteiger partial charge in [-0.05, 0) is 68.1 Å². The Kier molecular flexibility index (Phi) is 9.01. The minimum absolute atomic E-state index is 0.151. The summed E-state index contributed by atoms with van der Waals surface area (Å²) < 4.78 is 19.3. The van der Waals surface area contributed by atoms with Gasteiger partial charge in [0, 0.05) is 12.5 Å². The Labute approximate surface area is 242 Å². The number of amides is 3. The Bertz CT molecular complexity index is 1260. The molecule has 0 radical (unpaired) electrons. The SMILES string of the molecule is C=C[C@@H]1C[C@]1(NC(=O)[C@@H]1CCCN1C(=O)[C@@H](NC(=O)OC1CCCC1)C(C)(C)C)P(=O)(O)Cc1ccc(C#N)cc1. The van der Waals surface area contributed by atoms with E-state index in [0.29, 0.717) is 30.5 Å². The third-order valence-electron chi connectivity index (χ3n) is 8.50. The highest BCUT2D eigenvalue weighted by atomic mass is 31.2. The third-order valence-corrected chi connectivity index (χ3v) is 11.2. The van der Waals surface area contributed by atoms with Gasteiger partial charge in [-0.1, -0.05) is 39.0 Å². The number of hydrogen-bond donors (Lipinski definition) is 3. The normalized spacial score (nSPS) is 26.4. The van der Waals surface area contributed by atoms with E-state index in [1.54, 1.807) is 30.3 Å². The molecule has 0 spiro atoms. The Morgan fingerprint density at radius 2 is 1.88 bits per heavy atom. The van der Waals surface area contributed by atoms with Gasteiger partial charge in [0.2, 0.25) is 19.2 Å². The van der Waals surface area contributed by atoms with Crippen molar-refractivity contribution in [3.05, 3.63) is 48.0 Å². The van der Waals surface area contributed by atoms with Crippen LogP contribution >= 0.6 is 7.37 Å². The van der Waals surface area contributed by atoms with Crippen LogP contribution in [0.15, 0.2) is 36.9 Å². The van der Waals surface area contributed by atoms with Crippen molar-refractivity contribution in [3.8, 4) is 6.07 Å². The van der Waals surface area contributed by atoms with E-state index in [0.717, 1.165) is 25.7 Å². The van der Waals surface area contributed by atoms with Crippen LogP contribution in [0.25, 0.3) is 0 Å². The number of rotatable bonds is 9. The van der Waals surface area contributed by atoms with Crippen LogP contribution in [0.4, 0.5) is 4.79 Å². The van der Waals surface area contributed by atoms with Crippen molar-refractivity contribution < 1.29 is 28.6 Å². The predicted molar refractivity (Wildman–Crippen MR) is 154 cm³/mol. The van der Waals surface area contributed by atoms with E-state index in [4.69, 9.17) is 10.00 Å². The second kappa shape index (κ2) is 12.0. The molecule has 1 saturated heterocycles. The average Bonchev–Trinajstić information content (AvgIpc) is 3.24. The van der Waals surface area contributed by atoms with E-state index in [9.17, 15) is 23.8 Å². The predicted octanol–water partition coefficient (Wildman–Crippen LogP) is 4.42. The summed E-state index contributed by atoms with van der Waals surface area (Å²) in [6, 6.07) is 6.72. The van der Waals surface area contributed by atoms with Crippen LogP contribution in [0.1, 0.15) is 76.8 Å². The zero-order chi connectivity index (χ0) is 30.0. The van der Waals surface area contributed by atoms with E-state index >= 15 is 0 Å². The zero-order valence-electron chi connectivity index (χ0n) is 24.1. The molecule has 3 amide bonds. The Morgan fingerprint density at radius 1 is 1.22 bits per heavy atom. The van der Waals surface area contributed by atoms with Crippen molar-refractivity contribution in [1.29, 1.82) is 5.26 Å². The van der Waals surface area contributed by atoms with Gasteiger partial charge in [-0.15, -0.1) is 6.58 Å². The molecule has 10 nitrogen and oxygen atoms in total. The average molecular weight is 585 g/mol. The lowest BCUT2D eigenvalue weighted by Crippen LogP contribution is -2.58. The van der Waals surface area contributed by atoms with Gasteiger partial charge in [-0.25, -0.2) is 4.79 Å². The molecule has 4 rings (SSSR count). The zero-order valence-corrected chi connectivity index (χ0v) is 25.0. The van der Waals surface area contributed by atoms with Crippen LogP contribution < -0.4 is 10.6 Å². The fourth-order valence-electron chi connectivity index (χ4n) is 5.98. The summed E-state index contributed by atoms with van der Waals surface area (Å²) in [5.41, 5.74) is 0.378. The summed E-state index contributed by atoms with van der Waals surface area (Å²) >= 11 is 0. The molecule has 1 unspecified atom stereocenters. The van der Waals surface area contributed by atoms with E-state index in [-0.39, 0.29) is 30.5 Å². The fourth-order valence-corrected chi connectivity index (χ4v) is 8.36. The Hall–Kier alpha value is -3.15. The van der Waals surface area contributed by atoms with Crippen LogP contribution in [0.3, 0.4) is 0 Å². The summed E-state index contributed by atoms with van der Waals surface area (Å²) in [6.45, 7) is 9.65. The molecule has 11 heteroatoms. The van der Waals surface area contributed by atoms with E-state index < -0.39 is 42.1 Å². The molecule has 2 aliphatic carbocycles. The van der Waals surface area contributed by atoms with Crippen molar-refractivity contribution in [2.75, 3.05) is 6.54 Å². The van der Waals surface area contributed by atoms with Gasteiger partial charge in [0.15, 0.2) is 0 Å². The second-order valence-electron chi connectivity index (χ2n) is 12.6. The highest BCUT2D eigenvalue weighted by molar-refractivity contribution is 7.59. The summed E-state index contributed by atoms with van der Waals surface area (Å²) in [5, 5.41) is 13.3. The lowest BCUT2D eigenvalue weighted by Gasteiger charge is -2.36. The number of likely N-dealkylation sites (tertiary alicyclic amines) is 1. The standard InChI is InChI=1S/C30H41N4O6P/c1-5-22-17-30(22,41(38,39)19-21-14-12-20(18-31)13-15-21)33-26(35)24-11-8-16-34(24)27(36)25(29(2,3)4)32-28(37)40-23-9-6-7-10-23/h5,12-15,22-25H,1,6-11,16-17,19H2,2-4H3,(H,32,37)(H,33,35)(H,38,39)/t22-,24+,25-,30+/m1/s1. The molecule has 3 N–H and O–H groups in total. The van der Waals surface area contributed by atoms with Crippen molar-refractivity contribution in [2.45, 2.75) is 95.3 Å². The molecule has 222 valence electrons. The van der Waals surface area contributed by atoms with Crippen LogP contribution in [0.5, 0.6) is 0 Å². The van der Waals surface area contributed by atoms with Crippen molar-refractivity contribution >= 4 is 25.3 Å². The van der Waals surface area contributed by atoms with Crippen LogP contribution in [-0.2, 0) is 25.1 Å². The molecular weight excluding hydrogens is 543 g/mol. The fraction of sp³-hybridized carbons (Fsp3) is 0.600. The first kappa shape index (κ1) is 30.8. The molecule has 0 bridgehead atoms. The maximum Gasteiger partial charge on any atom is 0.408 e. The highest BCUT2D eigenvalue weighted by Gasteiger charge is 2.65. The van der Waals surface area contributed by atoms with Crippen LogP contribution in [0, 0.1) is 22.7 Å². The van der Waals surface area contributed by atoms with Gasteiger partial charge in [0.05, 0.1) is 17.8 Å². The maximum atomic E-state index is 13.8. The second-order valence-corrected chi connectivity index (χ2v) is 15.1. The summed E-state index contributed by atoms with van der Waals surface area (Å²) in [5.74, 6) is -1.26. The molecule has 5 atom stereocenters. The van der Waals surface area contributed by atoms with E-state index in [1.165, 1.54) is 4.90 Å². The van der Waals surface area contributed by atoms with E-state index in [2.05, 4.69) is 17.2 Å². The van der Waals surface area contributed by atoms with Gasteiger partial charge < -0.3 is 25.2 Å². The minimum atomic E-state index is -3.98. The maximum absolute atomic E-state index is 13.8. The van der Waals surface area contributed by atoms with Gasteiger partial charge in [0.1, 0.15) is 23.5 Å². The molecule has 1 aromatic carbocycles. The number of nitriles is 1. The van der Waals surface area contributed by atoms with Crippen molar-refractivity contribution in [3.63, 3.8) is 0 Å². The first-order valence-corrected chi connectivity index (χ1v) is 16.2. The molecule has 0 aromatic heterocycles. The molecule has 1 heterocycles.